The number of benzene rings is 2. The Balaban J connectivity index is 1.27. The fourth-order valence-electron chi connectivity index (χ4n) is 4.73. The number of urea groups is 1. The lowest BCUT2D eigenvalue weighted by Crippen LogP contribution is -2.54. The van der Waals surface area contributed by atoms with Gasteiger partial charge in [-0.05, 0) is 68.0 Å². The van der Waals surface area contributed by atoms with Crippen LogP contribution in [0, 0.1) is 27.7 Å². The molecule has 3 aliphatic heterocycles. The second-order valence-corrected chi connectivity index (χ2v) is 9.25. The van der Waals surface area contributed by atoms with Crippen LogP contribution in [0.25, 0.3) is 0 Å². The van der Waals surface area contributed by atoms with Crippen molar-refractivity contribution in [2.24, 2.45) is 0 Å². The highest BCUT2D eigenvalue weighted by molar-refractivity contribution is 5.95. The Morgan fingerprint density at radius 2 is 1.79 bits per heavy atom. The average molecular weight is 447 g/mol. The van der Waals surface area contributed by atoms with E-state index in [-0.39, 0.29) is 36.7 Å². The highest BCUT2D eigenvalue weighted by Gasteiger charge is 2.48. The molecule has 0 aliphatic carbocycles. The molecule has 0 aromatic heterocycles. The van der Waals surface area contributed by atoms with Crippen LogP contribution < -0.4 is 16.2 Å². The summed E-state index contributed by atoms with van der Waals surface area (Å²) in [5.41, 5.74) is 13.4. The second-order valence-electron chi connectivity index (χ2n) is 9.25. The predicted octanol–water partition coefficient (Wildman–Crippen LogP) is 3.23. The Morgan fingerprint density at radius 3 is 2.58 bits per heavy atom. The maximum Gasteiger partial charge on any atom is 0.340 e. The summed E-state index contributed by atoms with van der Waals surface area (Å²) in [5.74, 6) is -0.234. The van der Waals surface area contributed by atoms with Gasteiger partial charge < -0.3 is 10.3 Å². The van der Waals surface area contributed by atoms with Gasteiger partial charge in [-0.3, -0.25) is 9.69 Å². The van der Waals surface area contributed by atoms with Gasteiger partial charge in [0.15, 0.2) is 0 Å². The SMILES string of the molecule is Cc1ccc(C)c(NC(=O)CN2NC3C4CC(c5ccc(C)c(C)c5)NN4C=CN3C2=O)c1. The van der Waals surface area contributed by atoms with Crippen LogP contribution in [-0.2, 0) is 4.79 Å². The molecule has 0 saturated carbocycles. The van der Waals surface area contributed by atoms with E-state index in [2.05, 4.69) is 53.2 Å². The van der Waals surface area contributed by atoms with Crippen LogP contribution in [0.2, 0.25) is 0 Å². The number of anilines is 1. The number of rotatable bonds is 4. The van der Waals surface area contributed by atoms with E-state index < -0.39 is 0 Å². The molecule has 0 spiro atoms. The Labute approximate surface area is 194 Å². The first kappa shape index (κ1) is 21.5. The third-order valence-corrected chi connectivity index (χ3v) is 6.83. The van der Waals surface area contributed by atoms with E-state index in [0.717, 1.165) is 23.2 Å². The number of carbonyl (C=O) groups excluding carboxylic acids is 2. The third kappa shape index (κ3) is 3.96. The van der Waals surface area contributed by atoms with Crippen LogP contribution in [0.1, 0.15) is 40.3 Å². The molecule has 2 aromatic carbocycles. The summed E-state index contributed by atoms with van der Waals surface area (Å²) in [6, 6.07) is 12.5. The van der Waals surface area contributed by atoms with Gasteiger partial charge in [0.25, 0.3) is 0 Å². The predicted molar refractivity (Wildman–Crippen MR) is 127 cm³/mol. The zero-order valence-electron chi connectivity index (χ0n) is 19.4. The van der Waals surface area contributed by atoms with Crippen molar-refractivity contribution >= 4 is 17.6 Å². The Kier molecular flexibility index (Phi) is 5.34. The molecule has 33 heavy (non-hydrogen) atoms. The molecule has 8 heteroatoms. The summed E-state index contributed by atoms with van der Waals surface area (Å²) in [7, 11) is 0. The number of fused-ring (bicyclic) bond motifs is 3. The fourth-order valence-corrected chi connectivity index (χ4v) is 4.73. The average Bonchev–Trinajstić information content (AvgIpc) is 3.34. The van der Waals surface area contributed by atoms with Crippen LogP contribution >= 0.6 is 0 Å². The molecule has 3 amide bonds. The molecule has 3 atom stereocenters. The minimum absolute atomic E-state index is 0.0534. The maximum absolute atomic E-state index is 13.0. The molecule has 8 nitrogen and oxygen atoms in total. The number of aryl methyl sites for hydroxylation is 4. The van der Waals surface area contributed by atoms with Crippen LogP contribution in [0.3, 0.4) is 0 Å². The first-order valence-electron chi connectivity index (χ1n) is 11.3. The summed E-state index contributed by atoms with van der Waals surface area (Å²) in [4.78, 5) is 27.4. The van der Waals surface area contributed by atoms with E-state index in [1.54, 1.807) is 11.1 Å². The van der Waals surface area contributed by atoms with E-state index in [4.69, 9.17) is 0 Å². The molecule has 3 unspecified atom stereocenters. The van der Waals surface area contributed by atoms with Crippen LogP contribution in [-0.4, -0.2) is 45.6 Å². The molecule has 172 valence electrons. The van der Waals surface area contributed by atoms with Gasteiger partial charge in [0.1, 0.15) is 12.7 Å². The summed E-state index contributed by atoms with van der Waals surface area (Å²) < 4.78 is 0. The van der Waals surface area contributed by atoms with Gasteiger partial charge in [0, 0.05) is 18.1 Å². The maximum atomic E-state index is 13.0. The monoisotopic (exact) mass is 446 g/mol. The number of amides is 3. The van der Waals surface area contributed by atoms with Gasteiger partial charge in [0.2, 0.25) is 5.91 Å². The first-order valence-corrected chi connectivity index (χ1v) is 11.3. The Hall–Kier alpha value is -3.36. The normalized spacial score (nSPS) is 23.7. The topological polar surface area (TPSA) is 80.0 Å². The van der Waals surface area contributed by atoms with E-state index in [1.807, 2.05) is 38.2 Å². The standard InChI is InChI=1S/C25H30N6O2/c1-15-5-6-17(3)20(11-15)26-23(32)14-31-25(33)29-9-10-30-22(24(29)28-31)13-21(27-30)19-8-7-16(2)18(4)12-19/h5-12,21-22,24,27-28H,13-14H2,1-4H3,(H,26,32). The lowest BCUT2D eigenvalue weighted by molar-refractivity contribution is -0.117. The summed E-state index contributed by atoms with van der Waals surface area (Å²) in [6.45, 7) is 8.11. The molecule has 5 rings (SSSR count). The van der Waals surface area contributed by atoms with E-state index in [1.165, 1.54) is 21.7 Å². The number of hydrogen-bond donors (Lipinski definition) is 3. The van der Waals surface area contributed by atoms with Crippen molar-refractivity contribution in [2.45, 2.75) is 52.4 Å². The summed E-state index contributed by atoms with van der Waals surface area (Å²) in [6.07, 6.45) is 4.28. The summed E-state index contributed by atoms with van der Waals surface area (Å²) >= 11 is 0. The fraction of sp³-hybridized carbons (Fsp3) is 0.360. The van der Waals surface area contributed by atoms with Crippen molar-refractivity contribution in [2.75, 3.05) is 11.9 Å². The van der Waals surface area contributed by atoms with Gasteiger partial charge in [-0.25, -0.2) is 20.7 Å². The first-order chi connectivity index (χ1) is 15.8. The van der Waals surface area contributed by atoms with Crippen molar-refractivity contribution < 1.29 is 9.59 Å². The number of hydrogen-bond acceptors (Lipinski definition) is 5. The Bertz CT molecular complexity index is 1150. The molecule has 3 N–H and O–H groups in total. The lowest BCUT2D eigenvalue weighted by atomic mass is 9.97. The Morgan fingerprint density at radius 1 is 1.00 bits per heavy atom. The smallest absolute Gasteiger partial charge is 0.324 e. The molecule has 0 bridgehead atoms. The molecule has 2 saturated heterocycles. The minimum atomic E-state index is -0.236. The summed E-state index contributed by atoms with van der Waals surface area (Å²) in [5, 5.41) is 6.41. The van der Waals surface area contributed by atoms with Crippen molar-refractivity contribution in [1.82, 2.24) is 25.8 Å². The van der Waals surface area contributed by atoms with Gasteiger partial charge >= 0.3 is 6.03 Å². The zero-order chi connectivity index (χ0) is 23.3. The van der Waals surface area contributed by atoms with Crippen LogP contribution in [0.15, 0.2) is 48.8 Å². The highest BCUT2D eigenvalue weighted by Crippen LogP contribution is 2.35. The van der Waals surface area contributed by atoms with Crippen molar-refractivity contribution in [3.05, 3.63) is 76.6 Å². The highest BCUT2D eigenvalue weighted by atomic mass is 16.2. The number of nitrogens with zero attached hydrogens (tertiary/aromatic N) is 3. The van der Waals surface area contributed by atoms with Gasteiger partial charge in [-0.2, -0.15) is 0 Å². The van der Waals surface area contributed by atoms with E-state index in [9.17, 15) is 9.59 Å². The van der Waals surface area contributed by atoms with E-state index >= 15 is 0 Å². The number of nitrogens with one attached hydrogen (secondary N) is 3. The van der Waals surface area contributed by atoms with Gasteiger partial charge in [-0.15, -0.1) is 0 Å². The second kappa shape index (κ2) is 8.20. The molecule has 2 fully saturated rings. The quantitative estimate of drug-likeness (QED) is 0.672. The van der Waals surface area contributed by atoms with Crippen LogP contribution in [0.5, 0.6) is 0 Å². The van der Waals surface area contributed by atoms with Crippen molar-refractivity contribution in [3.8, 4) is 0 Å². The molecule has 3 aliphatic rings. The molecule has 3 heterocycles. The number of hydrazine groups is 2. The van der Waals surface area contributed by atoms with E-state index in [0.29, 0.717) is 0 Å². The van der Waals surface area contributed by atoms with Crippen LogP contribution in [0.4, 0.5) is 10.5 Å². The van der Waals surface area contributed by atoms with Crippen molar-refractivity contribution in [1.29, 1.82) is 0 Å². The minimum Gasteiger partial charge on any atom is -0.324 e. The largest absolute Gasteiger partial charge is 0.340 e. The third-order valence-electron chi connectivity index (χ3n) is 6.83. The van der Waals surface area contributed by atoms with Crippen molar-refractivity contribution in [3.63, 3.8) is 0 Å². The lowest BCUT2D eigenvalue weighted by Gasteiger charge is -2.34. The molecular formula is C25H30N6O2. The number of carbonyl (C=O) groups is 2. The zero-order valence-corrected chi connectivity index (χ0v) is 19.4. The molecule has 0 radical (unpaired) electrons. The van der Waals surface area contributed by atoms with Gasteiger partial charge in [0.05, 0.1) is 12.1 Å². The molecule has 2 aromatic rings. The molecular weight excluding hydrogens is 416 g/mol. The van der Waals surface area contributed by atoms with Gasteiger partial charge in [-0.1, -0.05) is 30.3 Å².